The molecule has 1 unspecified atom stereocenters. The molecule has 0 spiro atoms. The minimum atomic E-state index is -0.788. The molecule has 1 aliphatic rings. The topological polar surface area (TPSA) is 70.5 Å². The summed E-state index contributed by atoms with van der Waals surface area (Å²) in [5.74, 6) is -1.26. The molecule has 3 aromatic carbocycles. The van der Waals surface area contributed by atoms with Crippen LogP contribution >= 0.6 is 27.3 Å². The molecule has 7 heteroatoms. The minimum absolute atomic E-state index is 0.0602. The molecule has 1 N–H and O–H groups in total. The number of ketones is 1. The molecule has 35 heavy (non-hydrogen) atoms. The Morgan fingerprint density at radius 3 is 2.49 bits per heavy atom. The zero-order valence-corrected chi connectivity index (χ0v) is 21.9. The van der Waals surface area contributed by atoms with Gasteiger partial charge in [0.25, 0.3) is 5.78 Å². The van der Waals surface area contributed by atoms with Gasteiger partial charge in [-0.05, 0) is 48.2 Å². The molecule has 1 aromatic heterocycles. The largest absolute Gasteiger partial charge is 0.507 e. The third kappa shape index (κ3) is 4.19. The van der Waals surface area contributed by atoms with E-state index in [4.69, 9.17) is 4.98 Å². The highest BCUT2D eigenvalue weighted by Crippen LogP contribution is 2.44. The smallest absolute Gasteiger partial charge is 0.301 e. The number of thiazole rings is 1. The molecule has 0 saturated carbocycles. The van der Waals surface area contributed by atoms with Gasteiger partial charge < -0.3 is 5.11 Å². The number of nitrogens with zero attached hydrogens (tertiary/aromatic N) is 2. The maximum absolute atomic E-state index is 13.4. The predicted molar refractivity (Wildman–Crippen MR) is 144 cm³/mol. The molecule has 0 aliphatic carbocycles. The van der Waals surface area contributed by atoms with Gasteiger partial charge in [-0.3, -0.25) is 14.5 Å². The molecule has 0 radical (unpaired) electrons. The first kappa shape index (κ1) is 23.5. The number of halogens is 1. The fourth-order valence-corrected chi connectivity index (χ4v) is 5.64. The van der Waals surface area contributed by atoms with Crippen LogP contribution in [0.25, 0.3) is 16.0 Å². The standard InChI is InChI=1S/C28H23BrN2O3S/c1-15(2)18-9-12-21-22(14-18)35-28(30-21)31-24(19-6-4-5-16(3)13-19)23(26(33)27(31)34)25(32)17-7-10-20(29)11-8-17/h4-15,24,32H,1-3H3/b25-23+. The van der Waals surface area contributed by atoms with Crippen LogP contribution in [-0.2, 0) is 9.59 Å². The van der Waals surface area contributed by atoms with Crippen LogP contribution in [0.1, 0.15) is 48.1 Å². The molecule has 2 heterocycles. The Bertz CT molecular complexity index is 1500. The summed E-state index contributed by atoms with van der Waals surface area (Å²) in [7, 11) is 0. The van der Waals surface area contributed by atoms with Crippen LogP contribution in [0.4, 0.5) is 5.13 Å². The van der Waals surface area contributed by atoms with Gasteiger partial charge in [-0.2, -0.15) is 0 Å². The highest BCUT2D eigenvalue weighted by Gasteiger charge is 2.48. The van der Waals surface area contributed by atoms with Gasteiger partial charge >= 0.3 is 5.91 Å². The lowest BCUT2D eigenvalue weighted by atomic mass is 9.94. The lowest BCUT2D eigenvalue weighted by molar-refractivity contribution is -0.132. The van der Waals surface area contributed by atoms with Crippen molar-refractivity contribution in [1.82, 2.24) is 4.98 Å². The number of rotatable bonds is 4. The van der Waals surface area contributed by atoms with Crippen molar-refractivity contribution in [3.63, 3.8) is 0 Å². The van der Waals surface area contributed by atoms with Crippen LogP contribution in [0.3, 0.4) is 0 Å². The van der Waals surface area contributed by atoms with Gasteiger partial charge in [-0.1, -0.05) is 89.1 Å². The number of aryl methyl sites for hydroxylation is 1. The van der Waals surface area contributed by atoms with Gasteiger partial charge in [-0.25, -0.2) is 4.98 Å². The molecule has 5 nitrogen and oxygen atoms in total. The maximum atomic E-state index is 13.4. The number of carbonyl (C=O) groups is 2. The van der Waals surface area contributed by atoms with E-state index in [0.29, 0.717) is 16.6 Å². The van der Waals surface area contributed by atoms with Crippen molar-refractivity contribution in [1.29, 1.82) is 0 Å². The van der Waals surface area contributed by atoms with Gasteiger partial charge in [-0.15, -0.1) is 0 Å². The molecular weight excluding hydrogens is 524 g/mol. The van der Waals surface area contributed by atoms with Crippen LogP contribution in [0.15, 0.2) is 76.8 Å². The van der Waals surface area contributed by atoms with E-state index >= 15 is 0 Å². The molecular formula is C28H23BrN2O3S. The summed E-state index contributed by atoms with van der Waals surface area (Å²) < 4.78 is 1.80. The summed E-state index contributed by atoms with van der Waals surface area (Å²) in [5.41, 5.74) is 4.21. The van der Waals surface area contributed by atoms with Crippen molar-refractivity contribution in [3.05, 3.63) is 99.0 Å². The van der Waals surface area contributed by atoms with Crippen LogP contribution in [0.5, 0.6) is 0 Å². The number of carbonyl (C=O) groups excluding carboxylic acids is 2. The van der Waals surface area contributed by atoms with Crippen LogP contribution in [-0.4, -0.2) is 21.8 Å². The third-order valence-corrected chi connectivity index (χ3v) is 7.74. The fourth-order valence-electron chi connectivity index (χ4n) is 4.34. The minimum Gasteiger partial charge on any atom is -0.507 e. The van der Waals surface area contributed by atoms with Crippen LogP contribution < -0.4 is 4.90 Å². The lowest BCUT2D eigenvalue weighted by Crippen LogP contribution is -2.29. The second kappa shape index (κ2) is 9.06. The first-order valence-corrected chi connectivity index (χ1v) is 12.9. The van der Waals surface area contributed by atoms with Crippen LogP contribution in [0, 0.1) is 6.92 Å². The number of anilines is 1. The van der Waals surface area contributed by atoms with E-state index in [0.717, 1.165) is 25.8 Å². The quantitative estimate of drug-likeness (QED) is 0.168. The van der Waals surface area contributed by atoms with Crippen molar-refractivity contribution in [3.8, 4) is 0 Å². The molecule has 1 aliphatic heterocycles. The number of aliphatic hydroxyl groups is 1. The first-order chi connectivity index (χ1) is 16.7. The second-order valence-electron chi connectivity index (χ2n) is 8.97. The number of hydrogen-bond donors (Lipinski definition) is 1. The summed E-state index contributed by atoms with van der Waals surface area (Å²) in [4.78, 5) is 32.9. The maximum Gasteiger partial charge on any atom is 0.301 e. The van der Waals surface area contributed by atoms with Gasteiger partial charge in [0.15, 0.2) is 5.13 Å². The van der Waals surface area contributed by atoms with E-state index in [-0.39, 0.29) is 11.3 Å². The Morgan fingerprint density at radius 2 is 1.80 bits per heavy atom. The number of benzene rings is 3. The normalized spacial score (nSPS) is 17.6. The van der Waals surface area contributed by atoms with E-state index in [1.807, 2.05) is 43.3 Å². The first-order valence-electron chi connectivity index (χ1n) is 11.3. The number of aromatic nitrogens is 1. The Balaban J connectivity index is 1.71. The highest BCUT2D eigenvalue weighted by atomic mass is 79.9. The molecule has 5 rings (SSSR count). The van der Waals surface area contributed by atoms with Gasteiger partial charge in [0.05, 0.1) is 21.8 Å². The zero-order chi connectivity index (χ0) is 24.9. The average molecular weight is 547 g/mol. The lowest BCUT2D eigenvalue weighted by Gasteiger charge is -2.23. The number of fused-ring (bicyclic) bond motifs is 1. The van der Waals surface area contributed by atoms with E-state index in [1.165, 1.54) is 21.8 Å². The van der Waals surface area contributed by atoms with Gasteiger partial charge in [0.1, 0.15) is 5.76 Å². The van der Waals surface area contributed by atoms with Crippen LogP contribution in [0.2, 0.25) is 0 Å². The number of Topliss-reactive ketones (excluding diaryl/α,β-unsaturated/α-hetero) is 1. The SMILES string of the molecule is Cc1cccc(C2/C(=C(\O)c3ccc(Br)cc3)C(=O)C(=O)N2c2nc3ccc(C(C)C)cc3s2)c1. The Morgan fingerprint density at radius 1 is 1.06 bits per heavy atom. The van der Waals surface area contributed by atoms with E-state index < -0.39 is 17.7 Å². The number of amides is 1. The molecule has 1 atom stereocenters. The van der Waals surface area contributed by atoms with Crippen molar-refractivity contribution >= 4 is 60.1 Å². The van der Waals surface area contributed by atoms with Gasteiger partial charge in [0, 0.05) is 10.0 Å². The van der Waals surface area contributed by atoms with Crippen molar-refractivity contribution in [2.45, 2.75) is 32.7 Å². The monoisotopic (exact) mass is 546 g/mol. The Labute approximate surface area is 215 Å². The fraction of sp³-hybridized carbons (Fsp3) is 0.179. The summed E-state index contributed by atoms with van der Waals surface area (Å²) in [6, 6.07) is 19.9. The third-order valence-electron chi connectivity index (χ3n) is 6.19. The average Bonchev–Trinajstić information content (AvgIpc) is 3.37. The second-order valence-corrected chi connectivity index (χ2v) is 10.9. The van der Waals surface area contributed by atoms with Crippen molar-refractivity contribution < 1.29 is 14.7 Å². The summed E-state index contributed by atoms with van der Waals surface area (Å²) in [5, 5.41) is 11.7. The van der Waals surface area contributed by atoms with E-state index in [1.54, 1.807) is 24.3 Å². The van der Waals surface area contributed by atoms with Gasteiger partial charge in [0.2, 0.25) is 0 Å². The predicted octanol–water partition coefficient (Wildman–Crippen LogP) is 7.12. The van der Waals surface area contributed by atoms with Crippen molar-refractivity contribution in [2.75, 3.05) is 4.90 Å². The molecule has 1 saturated heterocycles. The van der Waals surface area contributed by atoms with Crippen molar-refractivity contribution in [2.24, 2.45) is 0 Å². The molecule has 1 amide bonds. The molecule has 0 bridgehead atoms. The molecule has 176 valence electrons. The van der Waals surface area contributed by atoms with E-state index in [9.17, 15) is 14.7 Å². The summed E-state index contributed by atoms with van der Waals surface area (Å²) >= 11 is 4.77. The Hall–Kier alpha value is -3.29. The number of aliphatic hydroxyl groups excluding tert-OH is 1. The summed E-state index contributed by atoms with van der Waals surface area (Å²) in [6.45, 7) is 6.21. The molecule has 4 aromatic rings. The summed E-state index contributed by atoms with van der Waals surface area (Å²) in [6.07, 6.45) is 0. The highest BCUT2D eigenvalue weighted by molar-refractivity contribution is 9.10. The Kier molecular flexibility index (Phi) is 6.07. The zero-order valence-electron chi connectivity index (χ0n) is 19.4. The van der Waals surface area contributed by atoms with E-state index in [2.05, 4.69) is 35.8 Å². The number of hydrogen-bond acceptors (Lipinski definition) is 5. The molecule has 1 fully saturated rings.